The quantitative estimate of drug-likeness (QED) is 0.829. The molecule has 1 aromatic rings. The first-order valence-corrected chi connectivity index (χ1v) is 4.78. The first-order chi connectivity index (χ1) is 9.63. The minimum atomic E-state index is -2.84. The Hall–Kier alpha value is -1.22. The summed E-state index contributed by atoms with van der Waals surface area (Å²) in [6.45, 7) is -1.01. The topological polar surface area (TPSA) is 30.5 Å². The maximum Gasteiger partial charge on any atom is 0.231 e. The van der Waals surface area contributed by atoms with Crippen LogP contribution in [0.25, 0.3) is 0 Å². The number of likely N-dealkylation sites (N-methyl/N-ethyl adjacent to an activating group) is 1. The molecule has 1 N–H and O–H groups in total. The van der Waals surface area contributed by atoms with Crippen molar-refractivity contribution in [2.75, 3.05) is 13.3 Å². The summed E-state index contributed by atoms with van der Waals surface area (Å²) >= 11 is 0. The predicted octanol–water partition coefficient (Wildman–Crippen LogP) is 1.96. The van der Waals surface area contributed by atoms with E-state index < -0.39 is 19.2 Å². The van der Waals surface area contributed by atoms with Crippen LogP contribution in [0.15, 0.2) is 18.2 Å². The molecule has 0 amide bonds. The first-order valence-electron chi connectivity index (χ1n) is 7.78. The van der Waals surface area contributed by atoms with E-state index in [4.69, 9.17) is 17.7 Å². The average molecular weight is 213 g/mol. The standard InChI is InChI=1S/C12H17NO2/c1-3-13-9(2)6-10-4-5-11-12(7-10)15-8-14-11/h4-5,7,9,13H,3,6,8H2,1-2H3/i2D3,6D2,9D. The van der Waals surface area contributed by atoms with E-state index in [9.17, 15) is 0 Å². The van der Waals surface area contributed by atoms with Gasteiger partial charge < -0.3 is 14.8 Å². The fourth-order valence-electron chi connectivity index (χ4n) is 1.34. The second-order valence-corrected chi connectivity index (χ2v) is 3.10. The van der Waals surface area contributed by atoms with Gasteiger partial charge in [0.15, 0.2) is 11.5 Å². The van der Waals surface area contributed by atoms with E-state index in [1.165, 1.54) is 18.2 Å². The van der Waals surface area contributed by atoms with Crippen molar-refractivity contribution in [1.82, 2.24) is 5.32 Å². The molecular weight excluding hydrogens is 190 g/mol. The highest BCUT2D eigenvalue weighted by molar-refractivity contribution is 5.44. The fourth-order valence-corrected chi connectivity index (χ4v) is 1.34. The molecule has 82 valence electrons. The van der Waals surface area contributed by atoms with Crippen LogP contribution in [0.3, 0.4) is 0 Å². The van der Waals surface area contributed by atoms with E-state index >= 15 is 0 Å². The smallest absolute Gasteiger partial charge is 0.231 e. The third kappa shape index (κ3) is 2.42. The number of fused-ring (bicyclic) bond motifs is 1. The lowest BCUT2D eigenvalue weighted by molar-refractivity contribution is 0.174. The number of hydrogen-bond donors (Lipinski definition) is 1. The summed E-state index contributed by atoms with van der Waals surface area (Å²) in [5.41, 5.74) is 0.0545. The van der Waals surface area contributed by atoms with Gasteiger partial charge in [-0.05, 0) is 37.5 Å². The third-order valence-electron chi connectivity index (χ3n) is 2.00. The molecule has 0 aromatic heterocycles. The maximum absolute atomic E-state index is 8.20. The molecule has 15 heavy (non-hydrogen) atoms. The summed E-state index contributed by atoms with van der Waals surface area (Å²) in [5, 5.41) is 2.46. The SMILES string of the molecule is [2H]C([2H])([2H])C([2H])(NCC)C([2H])([2H])c1ccc2c(c1)OCO2. The molecule has 1 atom stereocenters. The Balaban J connectivity index is 2.48. The molecule has 0 aliphatic carbocycles. The van der Waals surface area contributed by atoms with Crippen LogP contribution < -0.4 is 14.8 Å². The Morgan fingerprint density at radius 2 is 2.47 bits per heavy atom. The lowest BCUT2D eigenvalue weighted by Gasteiger charge is -2.12. The summed E-state index contributed by atoms with van der Waals surface area (Å²) in [6.07, 6.45) is -2.45. The molecule has 0 radical (unpaired) electrons. The summed E-state index contributed by atoms with van der Waals surface area (Å²) < 4.78 is 57.5. The van der Waals surface area contributed by atoms with Crippen molar-refractivity contribution in [3.8, 4) is 11.5 Å². The highest BCUT2D eigenvalue weighted by Gasteiger charge is 2.13. The molecule has 2 rings (SSSR count). The van der Waals surface area contributed by atoms with Gasteiger partial charge in [0, 0.05) is 14.2 Å². The van der Waals surface area contributed by atoms with Crippen LogP contribution in [0.4, 0.5) is 0 Å². The summed E-state index contributed by atoms with van der Waals surface area (Å²) in [5.74, 6) is 0.822. The van der Waals surface area contributed by atoms with Gasteiger partial charge in [-0.2, -0.15) is 0 Å². The summed E-state index contributed by atoms with van der Waals surface area (Å²) in [7, 11) is 0. The Labute approximate surface area is 98.8 Å². The van der Waals surface area contributed by atoms with Gasteiger partial charge in [0.25, 0.3) is 0 Å². The lowest BCUT2D eigenvalue weighted by Crippen LogP contribution is -2.27. The molecule has 3 heteroatoms. The predicted molar refractivity (Wildman–Crippen MR) is 59.4 cm³/mol. The third-order valence-corrected chi connectivity index (χ3v) is 2.00. The van der Waals surface area contributed by atoms with Crippen LogP contribution in [-0.2, 0) is 6.37 Å². The van der Waals surface area contributed by atoms with Crippen molar-refractivity contribution in [3.05, 3.63) is 23.8 Å². The van der Waals surface area contributed by atoms with Crippen molar-refractivity contribution in [2.24, 2.45) is 0 Å². The van der Waals surface area contributed by atoms with E-state index in [-0.39, 0.29) is 18.9 Å². The van der Waals surface area contributed by atoms with Crippen LogP contribution >= 0.6 is 0 Å². The molecule has 0 saturated carbocycles. The van der Waals surface area contributed by atoms with Crippen LogP contribution in [0.1, 0.15) is 27.6 Å². The molecule has 0 saturated heterocycles. The largest absolute Gasteiger partial charge is 0.454 e. The van der Waals surface area contributed by atoms with Crippen LogP contribution in [0, 0.1) is 0 Å². The molecule has 3 nitrogen and oxygen atoms in total. The van der Waals surface area contributed by atoms with Crippen molar-refractivity contribution < 1.29 is 17.7 Å². The summed E-state index contributed by atoms with van der Waals surface area (Å²) in [6, 6.07) is 1.85. The zero-order chi connectivity index (χ0) is 15.9. The fraction of sp³-hybridized carbons (Fsp3) is 0.500. The molecular formula is C12H17NO2. The Kier molecular flexibility index (Phi) is 1.58. The maximum atomic E-state index is 8.20. The van der Waals surface area contributed by atoms with Crippen LogP contribution in [0.5, 0.6) is 11.5 Å². The molecule has 1 unspecified atom stereocenters. The van der Waals surface area contributed by atoms with E-state index in [0.29, 0.717) is 11.5 Å². The number of nitrogens with one attached hydrogen (secondary N) is 1. The molecule has 1 aliphatic heterocycles. The Morgan fingerprint density at radius 1 is 1.60 bits per heavy atom. The minimum Gasteiger partial charge on any atom is -0.454 e. The van der Waals surface area contributed by atoms with E-state index in [0.717, 1.165) is 0 Å². The Bertz CT molecular complexity index is 533. The van der Waals surface area contributed by atoms with Gasteiger partial charge >= 0.3 is 0 Å². The highest BCUT2D eigenvalue weighted by Crippen LogP contribution is 2.32. The zero-order valence-electron chi connectivity index (χ0n) is 14.5. The zero-order valence-corrected chi connectivity index (χ0v) is 8.46. The highest BCUT2D eigenvalue weighted by atomic mass is 16.7. The normalized spacial score (nSPS) is 25.1. The van der Waals surface area contributed by atoms with Gasteiger partial charge in [0.1, 0.15) is 0 Å². The lowest BCUT2D eigenvalue weighted by atomic mass is 10.1. The van der Waals surface area contributed by atoms with E-state index in [1.807, 2.05) is 0 Å². The van der Waals surface area contributed by atoms with Crippen molar-refractivity contribution in [2.45, 2.75) is 26.2 Å². The van der Waals surface area contributed by atoms with E-state index in [1.54, 1.807) is 6.92 Å². The monoisotopic (exact) mass is 213 g/mol. The van der Waals surface area contributed by atoms with Gasteiger partial charge in [0.05, 0.1) is 0 Å². The van der Waals surface area contributed by atoms with Crippen LogP contribution in [-0.4, -0.2) is 19.4 Å². The average Bonchev–Trinajstić information content (AvgIpc) is 2.84. The van der Waals surface area contributed by atoms with Gasteiger partial charge in [0.2, 0.25) is 6.79 Å². The number of ether oxygens (including phenoxy) is 2. The van der Waals surface area contributed by atoms with E-state index in [2.05, 4.69) is 5.32 Å². The van der Waals surface area contributed by atoms with Gasteiger partial charge in [-0.15, -0.1) is 0 Å². The van der Waals surface area contributed by atoms with Crippen molar-refractivity contribution in [1.29, 1.82) is 0 Å². The minimum absolute atomic E-state index is 0.0419. The van der Waals surface area contributed by atoms with Gasteiger partial charge in [-0.3, -0.25) is 0 Å². The molecule has 0 spiro atoms. The first kappa shape index (κ1) is 5.21. The molecule has 1 aromatic carbocycles. The number of rotatable bonds is 4. The molecule has 0 fully saturated rings. The van der Waals surface area contributed by atoms with Gasteiger partial charge in [-0.25, -0.2) is 0 Å². The molecule has 0 bridgehead atoms. The van der Waals surface area contributed by atoms with Crippen LogP contribution in [0.2, 0.25) is 0 Å². The van der Waals surface area contributed by atoms with Crippen molar-refractivity contribution in [3.63, 3.8) is 0 Å². The molecule has 1 aliphatic rings. The second-order valence-electron chi connectivity index (χ2n) is 3.10. The number of benzene rings is 1. The van der Waals surface area contributed by atoms with Crippen molar-refractivity contribution >= 4 is 0 Å². The van der Waals surface area contributed by atoms with Gasteiger partial charge in [-0.1, -0.05) is 13.0 Å². The second kappa shape index (κ2) is 4.53. The molecule has 1 heterocycles. The number of hydrogen-bond acceptors (Lipinski definition) is 3. The summed E-state index contributed by atoms with van der Waals surface area (Å²) in [4.78, 5) is 0. The Morgan fingerprint density at radius 3 is 3.27 bits per heavy atom.